The van der Waals surface area contributed by atoms with E-state index in [1.54, 1.807) is 30.3 Å². The van der Waals surface area contributed by atoms with Crippen LogP contribution in [0.4, 0.5) is 0 Å². The summed E-state index contributed by atoms with van der Waals surface area (Å²) in [4.78, 5) is 0.161. The van der Waals surface area contributed by atoms with Gasteiger partial charge in [-0.15, -0.1) is 0 Å². The van der Waals surface area contributed by atoms with Gasteiger partial charge in [0.05, 0.1) is 11.5 Å². The summed E-state index contributed by atoms with van der Waals surface area (Å²) in [6.07, 6.45) is 0.336. The maximum absolute atomic E-state index is 12.2. The zero-order valence-electron chi connectivity index (χ0n) is 11.3. The number of benzene rings is 2. The molecule has 0 radical (unpaired) electrons. The minimum atomic E-state index is -3.66. The molecule has 0 spiro atoms. The Morgan fingerprint density at radius 3 is 2.19 bits per heavy atom. The molecule has 21 heavy (non-hydrogen) atoms. The first-order valence-corrected chi connectivity index (χ1v) is 7.96. The van der Waals surface area contributed by atoms with E-state index in [4.69, 9.17) is 0 Å². The van der Waals surface area contributed by atoms with Crippen LogP contribution in [0.5, 0.6) is 5.75 Å². The van der Waals surface area contributed by atoms with Gasteiger partial charge < -0.3 is 10.2 Å². The van der Waals surface area contributed by atoms with Crippen molar-refractivity contribution in [3.63, 3.8) is 0 Å². The molecule has 2 aromatic rings. The van der Waals surface area contributed by atoms with Gasteiger partial charge in [-0.3, -0.25) is 0 Å². The third-order valence-electron chi connectivity index (χ3n) is 3.01. The van der Waals surface area contributed by atoms with E-state index in [1.807, 2.05) is 0 Å². The summed E-state index contributed by atoms with van der Waals surface area (Å²) in [6.45, 7) is -0.313. The highest BCUT2D eigenvalue weighted by atomic mass is 32.2. The lowest BCUT2D eigenvalue weighted by Gasteiger charge is -2.16. The maximum Gasteiger partial charge on any atom is 0.240 e. The van der Waals surface area contributed by atoms with Crippen LogP contribution >= 0.6 is 0 Å². The van der Waals surface area contributed by atoms with Gasteiger partial charge >= 0.3 is 0 Å². The topological polar surface area (TPSA) is 86.6 Å². The van der Waals surface area contributed by atoms with Gasteiger partial charge in [0.1, 0.15) is 5.75 Å². The Balaban J connectivity index is 2.10. The molecule has 2 rings (SSSR count). The Morgan fingerprint density at radius 2 is 1.62 bits per heavy atom. The average Bonchev–Trinajstić information content (AvgIpc) is 2.49. The predicted octanol–water partition coefficient (Wildman–Crippen LogP) is 1.27. The highest BCUT2D eigenvalue weighted by Crippen LogP contribution is 2.13. The fourth-order valence-corrected chi connectivity index (χ4v) is 3.20. The summed E-state index contributed by atoms with van der Waals surface area (Å²) < 4.78 is 26.8. The molecule has 0 aliphatic rings. The molecule has 2 aromatic carbocycles. The van der Waals surface area contributed by atoms with E-state index in [-0.39, 0.29) is 17.3 Å². The molecule has 6 heteroatoms. The van der Waals surface area contributed by atoms with Gasteiger partial charge in [-0.25, -0.2) is 13.1 Å². The second-order valence-electron chi connectivity index (χ2n) is 4.68. The van der Waals surface area contributed by atoms with Gasteiger partial charge in [0.2, 0.25) is 10.0 Å². The average molecular weight is 307 g/mol. The molecule has 0 aromatic heterocycles. The van der Waals surface area contributed by atoms with Gasteiger partial charge in [-0.1, -0.05) is 30.3 Å². The van der Waals surface area contributed by atoms with Crippen LogP contribution in [-0.4, -0.2) is 31.3 Å². The lowest BCUT2D eigenvalue weighted by Crippen LogP contribution is -2.39. The second kappa shape index (κ2) is 6.71. The zero-order chi connectivity index (χ0) is 15.3. The number of hydrogen-bond acceptors (Lipinski definition) is 4. The molecule has 1 atom stereocenters. The van der Waals surface area contributed by atoms with Crippen molar-refractivity contribution in [2.75, 3.05) is 6.61 Å². The molecule has 112 valence electrons. The summed E-state index contributed by atoms with van der Waals surface area (Å²) >= 11 is 0. The molecule has 0 heterocycles. The van der Waals surface area contributed by atoms with E-state index < -0.39 is 16.1 Å². The molecular formula is C15H17NO4S. The Hall–Kier alpha value is -1.89. The predicted molar refractivity (Wildman–Crippen MR) is 79.4 cm³/mol. The molecule has 0 amide bonds. The molecule has 0 fully saturated rings. The Morgan fingerprint density at radius 1 is 1.00 bits per heavy atom. The summed E-state index contributed by atoms with van der Waals surface area (Å²) in [5.74, 6) is 0.143. The van der Waals surface area contributed by atoms with Crippen LogP contribution in [0, 0.1) is 0 Å². The maximum atomic E-state index is 12.2. The van der Waals surface area contributed by atoms with Crippen LogP contribution in [0.2, 0.25) is 0 Å². The fraction of sp³-hybridized carbons (Fsp3) is 0.200. The van der Waals surface area contributed by atoms with Crippen molar-refractivity contribution in [1.29, 1.82) is 0 Å². The highest BCUT2D eigenvalue weighted by molar-refractivity contribution is 7.89. The van der Waals surface area contributed by atoms with Gasteiger partial charge in [0.15, 0.2) is 0 Å². The van der Waals surface area contributed by atoms with E-state index in [0.29, 0.717) is 6.42 Å². The van der Waals surface area contributed by atoms with Crippen molar-refractivity contribution in [3.05, 3.63) is 60.2 Å². The number of aliphatic hydroxyl groups excluding tert-OH is 1. The summed E-state index contributed by atoms with van der Waals surface area (Å²) in [7, 11) is -3.66. The largest absolute Gasteiger partial charge is 0.508 e. The van der Waals surface area contributed by atoms with Crippen molar-refractivity contribution >= 4 is 10.0 Å². The highest BCUT2D eigenvalue weighted by Gasteiger charge is 2.19. The van der Waals surface area contributed by atoms with E-state index >= 15 is 0 Å². The molecule has 5 nitrogen and oxygen atoms in total. The number of nitrogens with one attached hydrogen (secondary N) is 1. The summed E-state index contributed by atoms with van der Waals surface area (Å²) in [5.41, 5.74) is 0.822. The molecule has 0 aliphatic heterocycles. The fourth-order valence-electron chi connectivity index (χ4n) is 1.95. The second-order valence-corrected chi connectivity index (χ2v) is 6.40. The Bertz CT molecular complexity index is 669. The van der Waals surface area contributed by atoms with E-state index in [0.717, 1.165) is 5.56 Å². The monoisotopic (exact) mass is 307 g/mol. The molecule has 0 unspecified atom stereocenters. The molecule has 0 aliphatic carbocycles. The SMILES string of the molecule is O=S(=O)(N[C@@H](CO)Cc1ccc(O)cc1)c1ccccc1. The van der Waals surface area contributed by atoms with Crippen molar-refractivity contribution in [1.82, 2.24) is 4.72 Å². The smallest absolute Gasteiger partial charge is 0.240 e. The number of hydrogen-bond donors (Lipinski definition) is 3. The number of aliphatic hydroxyl groups is 1. The zero-order valence-corrected chi connectivity index (χ0v) is 12.1. The van der Waals surface area contributed by atoms with Crippen LogP contribution in [0.3, 0.4) is 0 Å². The molecule has 0 bridgehead atoms. The third-order valence-corrected chi connectivity index (χ3v) is 4.55. The van der Waals surface area contributed by atoms with Gasteiger partial charge in [-0.2, -0.15) is 0 Å². The first kappa shape index (κ1) is 15.5. The number of phenolic OH excluding ortho intramolecular Hbond substituents is 1. The normalized spacial score (nSPS) is 13.0. The molecular weight excluding hydrogens is 290 g/mol. The summed E-state index contributed by atoms with van der Waals surface area (Å²) in [6, 6.07) is 13.8. The third kappa shape index (κ3) is 4.29. The standard InChI is InChI=1S/C15H17NO4S/c17-11-13(10-12-6-8-14(18)9-7-12)16-21(19,20)15-4-2-1-3-5-15/h1-9,13,16-18H,10-11H2/t13-/m1/s1. The first-order valence-electron chi connectivity index (χ1n) is 6.47. The van der Waals surface area contributed by atoms with Crippen molar-refractivity contribution in [3.8, 4) is 5.75 Å². The minimum Gasteiger partial charge on any atom is -0.508 e. The molecule has 0 saturated carbocycles. The van der Waals surface area contributed by atoms with Crippen molar-refractivity contribution in [2.45, 2.75) is 17.4 Å². The minimum absolute atomic E-state index is 0.143. The Labute approximate surface area is 123 Å². The van der Waals surface area contributed by atoms with Gasteiger partial charge in [0, 0.05) is 6.04 Å². The number of aromatic hydroxyl groups is 1. The summed E-state index contributed by atoms with van der Waals surface area (Å²) in [5, 5.41) is 18.6. The van der Waals surface area contributed by atoms with E-state index in [1.165, 1.54) is 24.3 Å². The Kier molecular flexibility index (Phi) is 4.95. The first-order chi connectivity index (χ1) is 10.0. The molecule has 0 saturated heterocycles. The van der Waals surface area contributed by atoms with Crippen LogP contribution in [0.1, 0.15) is 5.56 Å². The van der Waals surface area contributed by atoms with Gasteiger partial charge in [-0.05, 0) is 36.2 Å². The number of sulfonamides is 1. The van der Waals surface area contributed by atoms with Gasteiger partial charge in [0.25, 0.3) is 0 Å². The van der Waals surface area contributed by atoms with Crippen LogP contribution in [0.15, 0.2) is 59.5 Å². The van der Waals surface area contributed by atoms with Crippen molar-refractivity contribution in [2.24, 2.45) is 0 Å². The van der Waals surface area contributed by atoms with Crippen molar-refractivity contribution < 1.29 is 18.6 Å². The van der Waals surface area contributed by atoms with Crippen LogP contribution in [-0.2, 0) is 16.4 Å². The number of phenols is 1. The molecule has 3 N–H and O–H groups in total. The quantitative estimate of drug-likeness (QED) is 0.750. The van der Waals surface area contributed by atoms with E-state index in [9.17, 15) is 18.6 Å². The van der Waals surface area contributed by atoms with E-state index in [2.05, 4.69) is 4.72 Å². The number of rotatable bonds is 6. The lowest BCUT2D eigenvalue weighted by molar-refractivity contribution is 0.256. The van der Waals surface area contributed by atoms with Crippen LogP contribution < -0.4 is 4.72 Å². The lowest BCUT2D eigenvalue weighted by atomic mass is 10.1. The van der Waals surface area contributed by atoms with Crippen LogP contribution in [0.25, 0.3) is 0 Å².